The third kappa shape index (κ3) is 5.39. The van der Waals surface area contributed by atoms with E-state index in [9.17, 15) is 15.0 Å². The summed E-state index contributed by atoms with van der Waals surface area (Å²) in [7, 11) is 0. The number of hydrogen-bond acceptors (Lipinski definition) is 3. The van der Waals surface area contributed by atoms with Gasteiger partial charge in [0.25, 0.3) is 0 Å². The number of fused-ring (bicyclic) bond motifs is 4. The summed E-state index contributed by atoms with van der Waals surface area (Å²) >= 11 is 0. The molecule has 0 heterocycles. The van der Waals surface area contributed by atoms with Gasteiger partial charge in [0.05, 0.1) is 12.7 Å². The fourth-order valence-electron chi connectivity index (χ4n) is 7.19. The number of rotatable bonds is 3. The Labute approximate surface area is 224 Å². The Morgan fingerprint density at radius 2 is 1.68 bits per heavy atom. The van der Waals surface area contributed by atoms with Crippen LogP contribution in [0.1, 0.15) is 104 Å². The molecule has 1 aromatic carbocycles. The molecule has 5 unspecified atom stereocenters. The number of carbonyl (C=O) groups excluding carboxylic acids is 1. The van der Waals surface area contributed by atoms with Crippen LogP contribution in [0.15, 0.2) is 47.1 Å². The first kappa shape index (κ1) is 27.9. The minimum absolute atomic E-state index is 0.0336. The standard InChI is InChI=1S/C28H36O3.C6H10/c1-27(2,16-29)19-7-4-17(5-8-19)23-15-28(3)24(12-13-25(28)31)22-10-6-18-14-20(30)9-11-21(18)26(22)23;1-5-6(2,3)4/h4-5,7-8,14,22-25,29,31H,6,9-13,15-16H2,1-3H3;1H,2-4H3. The second kappa shape index (κ2) is 10.2. The van der Waals surface area contributed by atoms with E-state index in [0.29, 0.717) is 24.2 Å². The molecule has 3 nitrogen and oxygen atoms in total. The van der Waals surface area contributed by atoms with Crippen LogP contribution in [-0.2, 0) is 10.2 Å². The Bertz CT molecular complexity index is 1120. The van der Waals surface area contributed by atoms with Gasteiger partial charge in [-0.2, -0.15) is 0 Å². The number of carbonyl (C=O) groups is 1. The summed E-state index contributed by atoms with van der Waals surface area (Å²) < 4.78 is 0. The highest BCUT2D eigenvalue weighted by molar-refractivity contribution is 5.93. The van der Waals surface area contributed by atoms with E-state index in [2.05, 4.69) is 51.0 Å². The highest BCUT2D eigenvalue weighted by atomic mass is 16.3. The van der Waals surface area contributed by atoms with Crippen molar-refractivity contribution >= 4 is 5.78 Å². The minimum atomic E-state index is -0.251. The lowest BCUT2D eigenvalue weighted by Crippen LogP contribution is -2.45. The van der Waals surface area contributed by atoms with Crippen molar-refractivity contribution in [3.63, 3.8) is 0 Å². The Balaban J connectivity index is 0.000000480. The summed E-state index contributed by atoms with van der Waals surface area (Å²) in [6.45, 7) is 12.6. The predicted octanol–water partition coefficient (Wildman–Crippen LogP) is 6.88. The average molecular weight is 503 g/mol. The van der Waals surface area contributed by atoms with Crippen molar-refractivity contribution in [3.05, 3.63) is 58.2 Å². The molecule has 0 saturated heterocycles. The summed E-state index contributed by atoms with van der Waals surface area (Å²) in [5.74, 6) is 4.26. The summed E-state index contributed by atoms with van der Waals surface area (Å²) in [6.07, 6.45) is 13.4. The van der Waals surface area contributed by atoms with Crippen LogP contribution in [0.2, 0.25) is 0 Å². The Morgan fingerprint density at radius 1 is 1.03 bits per heavy atom. The molecule has 3 heteroatoms. The lowest BCUT2D eigenvalue weighted by Gasteiger charge is -2.52. The number of aliphatic hydroxyl groups is 2. The molecule has 2 saturated carbocycles. The highest BCUT2D eigenvalue weighted by Crippen LogP contribution is 2.63. The number of benzene rings is 1. The van der Waals surface area contributed by atoms with Crippen molar-refractivity contribution in [2.45, 2.75) is 104 Å². The van der Waals surface area contributed by atoms with E-state index >= 15 is 0 Å². The molecule has 0 radical (unpaired) electrons. The normalized spacial score (nSPS) is 31.3. The quantitative estimate of drug-likeness (QED) is 0.443. The number of aliphatic hydroxyl groups excluding tert-OH is 2. The van der Waals surface area contributed by atoms with E-state index in [4.69, 9.17) is 6.42 Å². The monoisotopic (exact) mass is 502 g/mol. The number of terminal acetylenes is 1. The number of ketones is 1. The molecule has 4 aliphatic carbocycles. The average Bonchev–Trinajstić information content (AvgIpc) is 3.17. The second-order valence-electron chi connectivity index (χ2n) is 13.7. The summed E-state index contributed by atoms with van der Waals surface area (Å²) in [5, 5.41) is 20.8. The molecular weight excluding hydrogens is 456 g/mol. The van der Waals surface area contributed by atoms with E-state index in [1.807, 2.05) is 26.8 Å². The maximum absolute atomic E-state index is 12.1. The van der Waals surface area contributed by atoms with Crippen molar-refractivity contribution in [1.82, 2.24) is 0 Å². The molecule has 0 aliphatic heterocycles. The smallest absolute Gasteiger partial charge is 0.156 e. The van der Waals surface area contributed by atoms with E-state index in [-0.39, 0.29) is 34.7 Å². The van der Waals surface area contributed by atoms with Crippen LogP contribution in [0.25, 0.3) is 0 Å². The molecule has 1 aromatic rings. The van der Waals surface area contributed by atoms with Gasteiger partial charge in [-0.25, -0.2) is 0 Å². The van der Waals surface area contributed by atoms with E-state index in [1.165, 1.54) is 16.7 Å². The topological polar surface area (TPSA) is 57.5 Å². The third-order valence-electron chi connectivity index (χ3n) is 9.60. The zero-order valence-electron chi connectivity index (χ0n) is 23.7. The van der Waals surface area contributed by atoms with Gasteiger partial charge in [-0.05, 0) is 105 Å². The van der Waals surface area contributed by atoms with Gasteiger partial charge in [0.15, 0.2) is 5.78 Å². The summed E-state index contributed by atoms with van der Waals surface area (Å²) in [5.41, 5.74) is 6.59. The van der Waals surface area contributed by atoms with Crippen LogP contribution < -0.4 is 0 Å². The molecule has 2 N–H and O–H groups in total. The molecule has 0 amide bonds. The van der Waals surface area contributed by atoms with Crippen LogP contribution in [-0.4, -0.2) is 28.7 Å². The summed E-state index contributed by atoms with van der Waals surface area (Å²) in [4.78, 5) is 12.1. The van der Waals surface area contributed by atoms with Gasteiger partial charge in [-0.3, -0.25) is 4.79 Å². The fourth-order valence-corrected chi connectivity index (χ4v) is 7.19. The maximum atomic E-state index is 12.1. The van der Waals surface area contributed by atoms with Gasteiger partial charge >= 0.3 is 0 Å². The maximum Gasteiger partial charge on any atom is 0.156 e. The molecular formula is C34H46O3. The van der Waals surface area contributed by atoms with Gasteiger partial charge in [0.2, 0.25) is 0 Å². The molecule has 4 aliphatic rings. The van der Waals surface area contributed by atoms with E-state index in [0.717, 1.165) is 44.1 Å². The highest BCUT2D eigenvalue weighted by Gasteiger charge is 2.56. The fraction of sp³-hybridized carbons (Fsp3) is 0.618. The largest absolute Gasteiger partial charge is 0.395 e. The molecule has 2 fully saturated rings. The minimum Gasteiger partial charge on any atom is -0.395 e. The lowest BCUT2D eigenvalue weighted by molar-refractivity contribution is -0.114. The van der Waals surface area contributed by atoms with Gasteiger partial charge in [0.1, 0.15) is 0 Å². The van der Waals surface area contributed by atoms with Crippen LogP contribution in [0.4, 0.5) is 0 Å². The summed E-state index contributed by atoms with van der Waals surface area (Å²) in [6, 6.07) is 8.85. The number of allylic oxidation sites excluding steroid dienone is 4. The molecule has 5 atom stereocenters. The first-order valence-corrected chi connectivity index (χ1v) is 14.1. The Kier molecular flexibility index (Phi) is 7.68. The molecule has 37 heavy (non-hydrogen) atoms. The van der Waals surface area contributed by atoms with Gasteiger partial charge in [0, 0.05) is 23.2 Å². The van der Waals surface area contributed by atoms with Gasteiger partial charge < -0.3 is 10.2 Å². The molecule has 200 valence electrons. The van der Waals surface area contributed by atoms with E-state index in [1.54, 1.807) is 5.57 Å². The SMILES string of the molecule is C#CC(C)(C)C.CC(C)(CO)c1ccc(C2CC3(C)C(O)CCC3C3CCC4=CC(=O)CCC4=C23)cc1. The van der Waals surface area contributed by atoms with Crippen molar-refractivity contribution in [2.75, 3.05) is 6.61 Å². The van der Waals surface area contributed by atoms with Crippen molar-refractivity contribution in [1.29, 1.82) is 0 Å². The van der Waals surface area contributed by atoms with Crippen LogP contribution >= 0.6 is 0 Å². The van der Waals surface area contributed by atoms with Crippen LogP contribution in [0.5, 0.6) is 0 Å². The zero-order chi connectivity index (χ0) is 27.2. The zero-order valence-corrected chi connectivity index (χ0v) is 23.7. The predicted molar refractivity (Wildman–Crippen MR) is 151 cm³/mol. The van der Waals surface area contributed by atoms with Crippen LogP contribution in [0, 0.1) is 35.0 Å². The third-order valence-corrected chi connectivity index (χ3v) is 9.60. The first-order chi connectivity index (χ1) is 17.3. The Hall–Kier alpha value is -2.15. The first-order valence-electron chi connectivity index (χ1n) is 14.1. The lowest BCUT2D eigenvalue weighted by atomic mass is 9.53. The Morgan fingerprint density at radius 3 is 2.27 bits per heavy atom. The molecule has 0 aromatic heterocycles. The second-order valence-corrected chi connectivity index (χ2v) is 13.7. The van der Waals surface area contributed by atoms with Gasteiger partial charge in [-0.1, -0.05) is 50.6 Å². The molecule has 5 rings (SSSR count). The van der Waals surface area contributed by atoms with Crippen LogP contribution in [0.3, 0.4) is 0 Å². The van der Waals surface area contributed by atoms with Gasteiger partial charge in [-0.15, -0.1) is 12.3 Å². The van der Waals surface area contributed by atoms with Crippen molar-refractivity contribution < 1.29 is 15.0 Å². The molecule has 0 spiro atoms. The van der Waals surface area contributed by atoms with Crippen molar-refractivity contribution in [3.8, 4) is 12.3 Å². The molecule has 0 bridgehead atoms. The van der Waals surface area contributed by atoms with Crippen molar-refractivity contribution in [2.24, 2.45) is 22.7 Å². The number of hydrogen-bond donors (Lipinski definition) is 2. The van der Waals surface area contributed by atoms with E-state index < -0.39 is 0 Å².